The second-order valence-electron chi connectivity index (χ2n) is 3.87. The Morgan fingerprint density at radius 3 is 2.67 bits per heavy atom. The summed E-state index contributed by atoms with van der Waals surface area (Å²) < 4.78 is 3.25. The third-order valence-electron chi connectivity index (χ3n) is 2.42. The van der Waals surface area contributed by atoms with Crippen molar-refractivity contribution in [3.63, 3.8) is 0 Å². The topological polar surface area (TPSA) is 46.9 Å². The molecule has 1 N–H and O–H groups in total. The molecule has 4 nitrogen and oxygen atoms in total. The normalized spacial score (nSPS) is 10.4. The van der Waals surface area contributed by atoms with Crippen LogP contribution in [0.5, 0.6) is 0 Å². The largest absolute Gasteiger partial charge is 0.307 e. The van der Waals surface area contributed by atoms with Gasteiger partial charge in [0.15, 0.2) is 0 Å². The number of anilines is 1. The van der Waals surface area contributed by atoms with Crippen molar-refractivity contribution in [1.29, 1.82) is 0 Å². The van der Waals surface area contributed by atoms with Gasteiger partial charge < -0.3 is 5.32 Å². The lowest BCUT2D eigenvalue weighted by atomic mass is 10.2. The van der Waals surface area contributed by atoms with Crippen molar-refractivity contribution >= 4 is 43.6 Å². The van der Waals surface area contributed by atoms with Crippen LogP contribution in [0.4, 0.5) is 5.82 Å². The maximum atomic E-state index is 12.1. The van der Waals surface area contributed by atoms with Gasteiger partial charge in [0, 0.05) is 22.1 Å². The van der Waals surface area contributed by atoms with E-state index in [0.717, 1.165) is 14.6 Å². The number of nitrogens with one attached hydrogen (secondary N) is 1. The minimum absolute atomic E-state index is 0.175. The molecule has 0 bridgehead atoms. The van der Waals surface area contributed by atoms with Crippen molar-refractivity contribution in [3.8, 4) is 0 Å². The molecule has 0 saturated heterocycles. The molecule has 0 saturated carbocycles. The fourth-order valence-corrected chi connectivity index (χ4v) is 2.37. The molecule has 1 aromatic carbocycles. The summed E-state index contributed by atoms with van der Waals surface area (Å²) in [6, 6.07) is 7.29. The van der Waals surface area contributed by atoms with Crippen LogP contribution >= 0.6 is 31.9 Å². The van der Waals surface area contributed by atoms with Crippen molar-refractivity contribution in [3.05, 3.63) is 44.5 Å². The lowest BCUT2D eigenvalue weighted by Crippen LogP contribution is -2.15. The van der Waals surface area contributed by atoms with Gasteiger partial charge in [-0.1, -0.05) is 15.9 Å². The van der Waals surface area contributed by atoms with Gasteiger partial charge in [0.05, 0.1) is 11.3 Å². The molecule has 0 aliphatic heterocycles. The predicted octanol–water partition coefficient (Wildman–Crippen LogP) is 3.51. The van der Waals surface area contributed by atoms with Gasteiger partial charge in [-0.15, -0.1) is 0 Å². The lowest BCUT2D eigenvalue weighted by molar-refractivity contribution is 0.102. The second-order valence-corrected chi connectivity index (χ2v) is 5.64. The van der Waals surface area contributed by atoms with Crippen LogP contribution in [0, 0.1) is 6.92 Å². The summed E-state index contributed by atoms with van der Waals surface area (Å²) in [6.07, 6.45) is 0. The Morgan fingerprint density at radius 2 is 2.06 bits per heavy atom. The van der Waals surface area contributed by atoms with E-state index in [1.54, 1.807) is 17.8 Å². The quantitative estimate of drug-likeness (QED) is 0.876. The number of rotatable bonds is 2. The van der Waals surface area contributed by atoms with E-state index >= 15 is 0 Å². The monoisotopic (exact) mass is 371 g/mol. The number of nitrogens with zero attached hydrogens (tertiary/aromatic N) is 2. The highest BCUT2D eigenvalue weighted by molar-refractivity contribution is 9.11. The van der Waals surface area contributed by atoms with Gasteiger partial charge >= 0.3 is 0 Å². The number of aromatic nitrogens is 2. The summed E-state index contributed by atoms with van der Waals surface area (Å²) in [7, 11) is 1.79. The first kappa shape index (κ1) is 13.3. The first-order valence-electron chi connectivity index (χ1n) is 5.24. The zero-order valence-electron chi connectivity index (χ0n) is 9.87. The van der Waals surface area contributed by atoms with E-state index in [-0.39, 0.29) is 5.91 Å². The number of carbonyl (C=O) groups is 1. The Morgan fingerprint density at radius 1 is 1.33 bits per heavy atom. The zero-order valence-corrected chi connectivity index (χ0v) is 13.0. The van der Waals surface area contributed by atoms with Gasteiger partial charge in [-0.25, -0.2) is 0 Å². The number of carbonyl (C=O) groups excluding carboxylic acids is 1. The molecule has 18 heavy (non-hydrogen) atoms. The molecule has 0 aliphatic carbocycles. The van der Waals surface area contributed by atoms with E-state index in [1.165, 1.54) is 0 Å². The maximum Gasteiger partial charge on any atom is 0.257 e. The second kappa shape index (κ2) is 5.24. The van der Waals surface area contributed by atoms with Crippen LogP contribution in [-0.2, 0) is 7.05 Å². The fourth-order valence-electron chi connectivity index (χ4n) is 1.58. The first-order chi connectivity index (χ1) is 8.47. The number of hydrogen-bond acceptors (Lipinski definition) is 2. The van der Waals surface area contributed by atoms with Gasteiger partial charge in [-0.3, -0.25) is 9.48 Å². The van der Waals surface area contributed by atoms with Crippen LogP contribution < -0.4 is 5.32 Å². The smallest absolute Gasteiger partial charge is 0.257 e. The molecule has 1 heterocycles. The molecule has 2 aromatic rings. The summed E-state index contributed by atoms with van der Waals surface area (Å²) in [5.74, 6) is 0.496. The first-order valence-corrected chi connectivity index (χ1v) is 6.83. The Labute approximate surface area is 122 Å². The average molecular weight is 373 g/mol. The minimum Gasteiger partial charge on any atom is -0.307 e. The molecular weight excluding hydrogens is 362 g/mol. The van der Waals surface area contributed by atoms with Crippen LogP contribution in [0.3, 0.4) is 0 Å². The van der Waals surface area contributed by atoms with Gasteiger partial charge in [0.2, 0.25) is 0 Å². The molecule has 0 unspecified atom stereocenters. The molecule has 1 aromatic heterocycles. The molecule has 94 valence electrons. The van der Waals surface area contributed by atoms with Crippen LogP contribution in [0.15, 0.2) is 33.2 Å². The van der Waals surface area contributed by atoms with E-state index in [0.29, 0.717) is 11.4 Å². The number of benzene rings is 1. The molecule has 0 spiro atoms. The van der Waals surface area contributed by atoms with Crippen LogP contribution in [-0.4, -0.2) is 15.7 Å². The summed E-state index contributed by atoms with van der Waals surface area (Å²) in [4.78, 5) is 12.1. The molecule has 2 rings (SSSR count). The van der Waals surface area contributed by atoms with Crippen molar-refractivity contribution < 1.29 is 4.79 Å². The molecule has 0 radical (unpaired) electrons. The van der Waals surface area contributed by atoms with Crippen LogP contribution in [0.2, 0.25) is 0 Å². The Bertz CT molecular complexity index is 607. The zero-order chi connectivity index (χ0) is 13.3. The number of hydrogen-bond donors (Lipinski definition) is 1. The Hall–Kier alpha value is -1.14. The molecule has 0 aliphatic rings. The summed E-state index contributed by atoms with van der Waals surface area (Å²) in [6.45, 7) is 1.88. The highest BCUT2D eigenvalue weighted by atomic mass is 79.9. The van der Waals surface area contributed by atoms with Gasteiger partial charge in [0.1, 0.15) is 5.82 Å². The minimum atomic E-state index is -0.175. The van der Waals surface area contributed by atoms with Crippen LogP contribution in [0.1, 0.15) is 16.1 Å². The maximum absolute atomic E-state index is 12.1. The number of halogens is 2. The fraction of sp³-hybridized carbons (Fsp3) is 0.167. The van der Waals surface area contributed by atoms with E-state index in [4.69, 9.17) is 0 Å². The predicted molar refractivity (Wildman–Crippen MR) is 77.7 cm³/mol. The third kappa shape index (κ3) is 2.81. The molecule has 1 amide bonds. The molecular formula is C12H11Br2N3O. The van der Waals surface area contributed by atoms with Gasteiger partial charge in [-0.2, -0.15) is 5.10 Å². The van der Waals surface area contributed by atoms with Gasteiger partial charge in [-0.05, 0) is 41.1 Å². The van der Waals surface area contributed by atoms with Crippen molar-refractivity contribution in [2.75, 3.05) is 5.32 Å². The SMILES string of the molecule is Cc1cc(NC(=O)c2cc(Br)ccc2Br)n(C)n1. The summed E-state index contributed by atoms with van der Waals surface area (Å²) in [5, 5.41) is 7.00. The average Bonchev–Trinajstić information content (AvgIpc) is 2.61. The molecule has 6 heteroatoms. The number of aryl methyl sites for hydroxylation is 2. The van der Waals surface area contributed by atoms with E-state index in [1.807, 2.05) is 25.1 Å². The standard InChI is InChI=1S/C12H11Br2N3O/c1-7-5-11(17(2)16-7)15-12(18)9-6-8(13)3-4-10(9)14/h3-6H,1-2H3,(H,15,18). The molecule has 0 fully saturated rings. The van der Waals surface area contributed by atoms with E-state index < -0.39 is 0 Å². The Balaban J connectivity index is 2.27. The molecule has 0 atom stereocenters. The lowest BCUT2D eigenvalue weighted by Gasteiger charge is -2.07. The highest BCUT2D eigenvalue weighted by Crippen LogP contribution is 2.22. The van der Waals surface area contributed by atoms with Crippen molar-refractivity contribution in [2.24, 2.45) is 7.05 Å². The van der Waals surface area contributed by atoms with E-state index in [2.05, 4.69) is 42.3 Å². The van der Waals surface area contributed by atoms with Crippen molar-refractivity contribution in [1.82, 2.24) is 9.78 Å². The number of amides is 1. The van der Waals surface area contributed by atoms with Crippen LogP contribution in [0.25, 0.3) is 0 Å². The summed E-state index contributed by atoms with van der Waals surface area (Å²) in [5.41, 5.74) is 1.43. The third-order valence-corrected chi connectivity index (χ3v) is 3.60. The van der Waals surface area contributed by atoms with Gasteiger partial charge in [0.25, 0.3) is 5.91 Å². The highest BCUT2D eigenvalue weighted by Gasteiger charge is 2.12. The Kier molecular flexibility index (Phi) is 3.87. The van der Waals surface area contributed by atoms with Crippen molar-refractivity contribution in [2.45, 2.75) is 6.92 Å². The summed E-state index contributed by atoms with van der Waals surface area (Å²) >= 11 is 6.71. The van der Waals surface area contributed by atoms with E-state index in [9.17, 15) is 4.79 Å².